The minimum Gasteiger partial charge on any atom is -0.483 e. The molecule has 7 N–H and O–H groups in total. The molecule has 8 rings (SSSR count). The van der Waals surface area contributed by atoms with Crippen LogP contribution in [0, 0.1) is 11.8 Å². The number of aliphatic hydroxyl groups is 2. The number of carbonyl (C=O) groups excluding carboxylic acids is 2. The van der Waals surface area contributed by atoms with E-state index in [4.69, 9.17) is 9.90 Å². The number of aromatic amines is 2. The van der Waals surface area contributed by atoms with Crippen LogP contribution < -0.4 is 10.6 Å². The molecule has 0 saturated heterocycles. The Bertz CT molecular complexity index is 1870. The van der Waals surface area contributed by atoms with Crippen LogP contribution in [0.1, 0.15) is 48.9 Å². The Labute approximate surface area is 309 Å². The van der Waals surface area contributed by atoms with E-state index in [1.807, 2.05) is 13.8 Å². The summed E-state index contributed by atoms with van der Waals surface area (Å²) in [4.78, 5) is 45.0. The van der Waals surface area contributed by atoms with Crippen LogP contribution in [-0.4, -0.2) is 118 Å². The molecule has 4 aromatic rings. The normalized spacial score (nSPS) is 22.8. The highest BCUT2D eigenvalue weighted by Gasteiger charge is 2.37. The van der Waals surface area contributed by atoms with E-state index in [0.717, 1.165) is 36.7 Å². The summed E-state index contributed by atoms with van der Waals surface area (Å²) in [6, 6.07) is 13.0. The lowest BCUT2D eigenvalue weighted by Gasteiger charge is -2.39. The number of aromatic nitrogens is 2. The monoisotopic (exact) mass is 724 g/mol. The number of amides is 2. The second-order valence-corrected chi connectivity index (χ2v) is 14.6. The number of nitrogens with one attached hydrogen (secondary N) is 4. The van der Waals surface area contributed by atoms with Gasteiger partial charge in [-0.3, -0.25) is 24.2 Å². The highest BCUT2D eigenvalue weighted by Crippen LogP contribution is 2.42. The highest BCUT2D eigenvalue weighted by molar-refractivity contribution is 6.00. The number of benzene rings is 2. The Morgan fingerprint density at radius 2 is 1.17 bits per heavy atom. The van der Waals surface area contributed by atoms with Gasteiger partial charge >= 0.3 is 0 Å². The fourth-order valence-corrected chi connectivity index (χ4v) is 8.40. The van der Waals surface area contributed by atoms with Crippen molar-refractivity contribution in [3.8, 4) is 0 Å². The van der Waals surface area contributed by atoms with Gasteiger partial charge in [0.05, 0.1) is 37.1 Å². The van der Waals surface area contributed by atoms with Crippen LogP contribution in [0.2, 0.25) is 0 Å². The summed E-state index contributed by atoms with van der Waals surface area (Å²) in [5, 5.41) is 34.1. The van der Waals surface area contributed by atoms with E-state index < -0.39 is 0 Å². The first-order chi connectivity index (χ1) is 25.6. The van der Waals surface area contributed by atoms with Gasteiger partial charge in [0.2, 0.25) is 11.8 Å². The average Bonchev–Trinajstić information content (AvgIpc) is 3.79. The number of carboxylic acid groups (broad SMARTS) is 1. The number of rotatable bonds is 8. The summed E-state index contributed by atoms with van der Waals surface area (Å²) in [5.74, 6) is -0.364. The van der Waals surface area contributed by atoms with Crippen molar-refractivity contribution in [2.75, 3.05) is 40.4 Å². The maximum Gasteiger partial charge on any atom is 0.290 e. The van der Waals surface area contributed by atoms with Gasteiger partial charge in [0.25, 0.3) is 6.47 Å². The van der Waals surface area contributed by atoms with E-state index in [1.165, 1.54) is 44.2 Å². The largest absolute Gasteiger partial charge is 0.483 e. The molecule has 6 atom stereocenters. The number of hydrogen-bond donors (Lipinski definition) is 7. The van der Waals surface area contributed by atoms with Crippen LogP contribution in [0.4, 0.5) is 0 Å². The molecular formula is C41H52N6O6. The summed E-state index contributed by atoms with van der Waals surface area (Å²) >= 11 is 0. The first-order valence-electron chi connectivity index (χ1n) is 18.6. The average molecular weight is 725 g/mol. The standard InChI is InChI=1S/2C20H25N3O2.CH2O2/c2*1-3-14(11-24)22-20(25)13-7-16-15-5-4-6-17-19(15)12(9-21-17)8-18(16)23(2)10-13;2-1-3/h2*4-7,9,13-14,18,21,24H,3,8,10-11H2,1-2H3,(H,22,25);1H,(H,2,3)/t2*13-,14-,18-;/m11./s1. The third kappa shape index (κ3) is 7.54. The van der Waals surface area contributed by atoms with Crippen LogP contribution in [0.15, 0.2) is 60.9 Å². The molecule has 0 fully saturated rings. The Morgan fingerprint density at radius 3 is 1.53 bits per heavy atom. The molecule has 2 aromatic carbocycles. The number of aliphatic hydroxyl groups excluding tert-OH is 2. The van der Waals surface area contributed by atoms with Crippen LogP contribution >= 0.6 is 0 Å². The number of fused-ring (bicyclic) bond motifs is 4. The van der Waals surface area contributed by atoms with Gasteiger partial charge < -0.3 is 35.9 Å². The molecule has 0 spiro atoms. The van der Waals surface area contributed by atoms with Crippen molar-refractivity contribution in [2.45, 2.75) is 63.7 Å². The zero-order valence-electron chi connectivity index (χ0n) is 30.9. The van der Waals surface area contributed by atoms with E-state index in [0.29, 0.717) is 25.2 Å². The smallest absolute Gasteiger partial charge is 0.290 e. The fraction of sp³-hybridized carbons (Fsp3) is 0.439. The van der Waals surface area contributed by atoms with Crippen molar-refractivity contribution in [3.05, 3.63) is 83.2 Å². The minimum atomic E-state index is -0.250. The SMILES string of the molecule is CC[C@H](CO)NC(=O)[C@@H]1C=C2c3cccc4[nH]cc(c34)C[C@H]2N(C)C1.CC[C@H](CO)NC(=O)[C@@H]1C=C2c3cccc4[nH]cc(c34)C[C@H]2N(C)C1.O=CO. The fourth-order valence-electron chi connectivity index (χ4n) is 8.40. The predicted molar refractivity (Wildman–Crippen MR) is 207 cm³/mol. The van der Waals surface area contributed by atoms with Gasteiger partial charge in [-0.1, -0.05) is 50.3 Å². The molecule has 4 heterocycles. The van der Waals surface area contributed by atoms with Crippen molar-refractivity contribution in [1.29, 1.82) is 0 Å². The lowest BCUT2D eigenvalue weighted by Crippen LogP contribution is -2.48. The number of likely N-dealkylation sites (N-methyl/N-ethyl adjacent to an activating group) is 2. The summed E-state index contributed by atoms with van der Waals surface area (Å²) < 4.78 is 0. The molecule has 282 valence electrons. The molecule has 0 unspecified atom stereocenters. The van der Waals surface area contributed by atoms with Gasteiger partial charge in [-0.05, 0) is 85.3 Å². The molecule has 12 heteroatoms. The van der Waals surface area contributed by atoms with Crippen molar-refractivity contribution in [2.24, 2.45) is 11.8 Å². The summed E-state index contributed by atoms with van der Waals surface area (Å²) in [6.07, 6.45) is 11.9. The van der Waals surface area contributed by atoms with E-state index in [-0.39, 0.29) is 55.4 Å². The molecule has 0 radical (unpaired) electrons. The molecule has 4 aliphatic rings. The summed E-state index contributed by atoms with van der Waals surface area (Å²) in [5.41, 5.74) is 10.0. The van der Waals surface area contributed by atoms with Gasteiger partial charge in [0.1, 0.15) is 0 Å². The molecule has 0 bridgehead atoms. The zero-order chi connectivity index (χ0) is 37.8. The van der Waals surface area contributed by atoms with Gasteiger partial charge in [-0.25, -0.2) is 0 Å². The first-order valence-corrected chi connectivity index (χ1v) is 18.6. The third-order valence-corrected chi connectivity index (χ3v) is 11.3. The van der Waals surface area contributed by atoms with Crippen LogP contribution in [0.25, 0.3) is 33.0 Å². The molecule has 2 aliphatic heterocycles. The summed E-state index contributed by atoms with van der Waals surface area (Å²) in [7, 11) is 4.19. The first kappa shape index (κ1) is 38.0. The van der Waals surface area contributed by atoms with E-state index in [2.05, 4.69) is 105 Å². The van der Waals surface area contributed by atoms with Gasteiger partial charge in [-0.2, -0.15) is 0 Å². The maximum absolute atomic E-state index is 12.7. The van der Waals surface area contributed by atoms with Gasteiger partial charge in [0, 0.05) is 59.4 Å². The Morgan fingerprint density at radius 1 is 0.774 bits per heavy atom. The van der Waals surface area contributed by atoms with E-state index in [9.17, 15) is 19.8 Å². The predicted octanol–water partition coefficient (Wildman–Crippen LogP) is 3.55. The van der Waals surface area contributed by atoms with Crippen LogP contribution in [0.3, 0.4) is 0 Å². The van der Waals surface area contributed by atoms with Crippen molar-refractivity contribution in [1.82, 2.24) is 30.4 Å². The topological polar surface area (TPSA) is 174 Å². The Balaban J connectivity index is 0.000000169. The van der Waals surface area contributed by atoms with E-state index >= 15 is 0 Å². The molecule has 2 aliphatic carbocycles. The second kappa shape index (κ2) is 16.5. The minimum absolute atomic E-state index is 0.00532. The molecule has 2 amide bonds. The summed E-state index contributed by atoms with van der Waals surface area (Å²) in [6.45, 7) is 5.07. The lowest BCUT2D eigenvalue weighted by molar-refractivity contribution is -0.126. The van der Waals surface area contributed by atoms with Crippen LogP contribution in [-0.2, 0) is 27.2 Å². The lowest BCUT2D eigenvalue weighted by atomic mass is 9.80. The number of hydrogen-bond acceptors (Lipinski definition) is 7. The van der Waals surface area contributed by atoms with Crippen molar-refractivity contribution >= 4 is 51.2 Å². The van der Waals surface area contributed by atoms with Crippen LogP contribution in [0.5, 0.6) is 0 Å². The highest BCUT2D eigenvalue weighted by atomic mass is 16.3. The number of nitrogens with zero attached hydrogens (tertiary/aromatic N) is 2. The quantitative estimate of drug-likeness (QED) is 0.135. The Kier molecular flexibility index (Phi) is 11.8. The van der Waals surface area contributed by atoms with Gasteiger partial charge in [-0.15, -0.1) is 0 Å². The van der Waals surface area contributed by atoms with Crippen molar-refractivity contribution < 1.29 is 29.7 Å². The Hall–Kier alpha value is -4.75. The molecule has 2 aromatic heterocycles. The maximum atomic E-state index is 12.7. The zero-order valence-corrected chi connectivity index (χ0v) is 30.9. The number of carbonyl (C=O) groups is 3. The molecule has 0 saturated carbocycles. The molecule has 53 heavy (non-hydrogen) atoms. The molecular weight excluding hydrogens is 672 g/mol. The number of H-pyrrole nitrogens is 2. The molecule has 12 nitrogen and oxygen atoms in total. The van der Waals surface area contributed by atoms with Gasteiger partial charge in [0.15, 0.2) is 0 Å². The van der Waals surface area contributed by atoms with Crippen molar-refractivity contribution in [3.63, 3.8) is 0 Å². The second-order valence-electron chi connectivity index (χ2n) is 14.6. The van der Waals surface area contributed by atoms with E-state index in [1.54, 1.807) is 0 Å². The third-order valence-electron chi connectivity index (χ3n) is 11.3.